The summed E-state index contributed by atoms with van der Waals surface area (Å²) in [6, 6.07) is 3.34. The lowest BCUT2D eigenvalue weighted by atomic mass is 10.1. The third kappa shape index (κ3) is 2.49. The topological polar surface area (TPSA) is 46.3 Å². The lowest BCUT2D eigenvalue weighted by Gasteiger charge is -2.18. The van der Waals surface area contributed by atoms with Crippen LogP contribution in [0.2, 0.25) is 10.0 Å². The Hall–Kier alpha value is -0.580. The van der Waals surface area contributed by atoms with Gasteiger partial charge in [-0.25, -0.2) is 0 Å². The fourth-order valence-corrected chi connectivity index (χ4v) is 2.60. The summed E-state index contributed by atoms with van der Waals surface area (Å²) in [7, 11) is 0. The highest BCUT2D eigenvalue weighted by Crippen LogP contribution is 2.35. The molecule has 17 heavy (non-hydrogen) atoms. The van der Waals surface area contributed by atoms with Crippen molar-refractivity contribution in [1.82, 2.24) is 0 Å². The molecule has 1 heterocycles. The van der Waals surface area contributed by atoms with E-state index in [0.717, 1.165) is 0 Å². The van der Waals surface area contributed by atoms with Crippen LogP contribution in [0.25, 0.3) is 0 Å². The van der Waals surface area contributed by atoms with Crippen LogP contribution in [0.15, 0.2) is 12.1 Å². The quantitative estimate of drug-likeness (QED) is 0.650. The number of amides is 1. The molecule has 1 saturated heterocycles. The van der Waals surface area contributed by atoms with Gasteiger partial charge >= 0.3 is 0 Å². The van der Waals surface area contributed by atoms with E-state index in [1.807, 2.05) is 0 Å². The fourth-order valence-electron chi connectivity index (χ4n) is 1.88. The molecular weight excluding hydrogens is 279 g/mol. The highest BCUT2D eigenvalue weighted by atomic mass is 35.5. The molecule has 1 aliphatic heterocycles. The minimum Gasteiger partial charge on any atom is -0.396 e. The van der Waals surface area contributed by atoms with Crippen LogP contribution in [-0.2, 0) is 4.79 Å². The van der Waals surface area contributed by atoms with Gasteiger partial charge < -0.3 is 10.6 Å². The van der Waals surface area contributed by atoms with Crippen molar-refractivity contribution in [2.45, 2.75) is 6.42 Å². The SMILES string of the molecule is Nc1c(Cl)cc(N2CC(CS)CC2=O)cc1Cl. The van der Waals surface area contributed by atoms with E-state index in [4.69, 9.17) is 28.9 Å². The molecule has 6 heteroatoms. The number of hydrogen-bond donors (Lipinski definition) is 2. The van der Waals surface area contributed by atoms with Crippen LogP contribution in [0.4, 0.5) is 11.4 Å². The molecule has 2 rings (SSSR count). The van der Waals surface area contributed by atoms with Crippen LogP contribution in [0.3, 0.4) is 0 Å². The Morgan fingerprint density at radius 2 is 2.00 bits per heavy atom. The van der Waals surface area contributed by atoms with E-state index < -0.39 is 0 Å². The Bertz CT molecular complexity index is 444. The minimum absolute atomic E-state index is 0.0703. The molecule has 1 aromatic rings. The zero-order chi connectivity index (χ0) is 12.6. The molecule has 0 radical (unpaired) electrons. The molecule has 0 saturated carbocycles. The molecule has 0 aromatic heterocycles. The first kappa shape index (κ1) is 12.9. The van der Waals surface area contributed by atoms with Crippen molar-refractivity contribution in [3.8, 4) is 0 Å². The molecule has 2 N–H and O–H groups in total. The third-order valence-electron chi connectivity index (χ3n) is 2.84. The number of anilines is 2. The van der Waals surface area contributed by atoms with Crippen molar-refractivity contribution in [2.24, 2.45) is 5.92 Å². The van der Waals surface area contributed by atoms with Crippen LogP contribution < -0.4 is 10.6 Å². The third-order valence-corrected chi connectivity index (χ3v) is 3.98. The molecule has 0 aliphatic carbocycles. The largest absolute Gasteiger partial charge is 0.396 e. The van der Waals surface area contributed by atoms with Crippen LogP contribution >= 0.6 is 35.8 Å². The Labute approximate surface area is 115 Å². The predicted octanol–water partition coefficient (Wildman–Crippen LogP) is 2.86. The Balaban J connectivity index is 2.32. The number of nitrogen functional groups attached to an aromatic ring is 1. The first-order chi connectivity index (χ1) is 8.02. The molecule has 3 nitrogen and oxygen atoms in total. The average molecular weight is 291 g/mol. The molecule has 1 atom stereocenters. The standard InChI is InChI=1S/C11H12Cl2N2OS/c12-8-2-7(3-9(13)11(8)14)15-4-6(5-17)1-10(15)16/h2-3,6,17H,1,4-5,14H2. The Morgan fingerprint density at radius 1 is 1.41 bits per heavy atom. The van der Waals surface area contributed by atoms with Gasteiger partial charge in [0, 0.05) is 18.7 Å². The monoisotopic (exact) mass is 290 g/mol. The zero-order valence-corrected chi connectivity index (χ0v) is 11.4. The van der Waals surface area contributed by atoms with Gasteiger partial charge in [0.15, 0.2) is 0 Å². The van der Waals surface area contributed by atoms with Crippen molar-refractivity contribution >= 4 is 53.1 Å². The summed E-state index contributed by atoms with van der Waals surface area (Å²) in [5.41, 5.74) is 6.70. The van der Waals surface area contributed by atoms with E-state index in [2.05, 4.69) is 12.6 Å². The van der Waals surface area contributed by atoms with Crippen molar-refractivity contribution < 1.29 is 4.79 Å². The summed E-state index contributed by atoms with van der Waals surface area (Å²) >= 11 is 16.1. The summed E-state index contributed by atoms with van der Waals surface area (Å²) in [6.45, 7) is 0.652. The molecule has 1 fully saturated rings. The van der Waals surface area contributed by atoms with E-state index in [1.165, 1.54) is 0 Å². The summed E-state index contributed by atoms with van der Waals surface area (Å²) in [5.74, 6) is 1.04. The second kappa shape index (κ2) is 4.96. The second-order valence-electron chi connectivity index (χ2n) is 4.08. The van der Waals surface area contributed by atoms with Crippen molar-refractivity contribution in [3.63, 3.8) is 0 Å². The number of rotatable bonds is 2. The Morgan fingerprint density at radius 3 is 2.47 bits per heavy atom. The van der Waals surface area contributed by atoms with Gasteiger partial charge in [0.25, 0.3) is 0 Å². The van der Waals surface area contributed by atoms with Crippen LogP contribution in [0.5, 0.6) is 0 Å². The molecule has 1 amide bonds. The van der Waals surface area contributed by atoms with Gasteiger partial charge in [0.1, 0.15) is 0 Å². The Kier molecular flexibility index (Phi) is 3.76. The molecule has 1 unspecified atom stereocenters. The number of carbonyl (C=O) groups excluding carboxylic acids is 1. The number of halogens is 2. The van der Waals surface area contributed by atoms with Crippen molar-refractivity contribution in [1.29, 1.82) is 0 Å². The number of nitrogens with zero attached hydrogens (tertiary/aromatic N) is 1. The molecule has 1 aliphatic rings. The summed E-state index contributed by atoms with van der Waals surface area (Å²) in [4.78, 5) is 13.5. The maximum Gasteiger partial charge on any atom is 0.227 e. The average Bonchev–Trinajstić information content (AvgIpc) is 2.67. The molecule has 1 aromatic carbocycles. The highest BCUT2D eigenvalue weighted by molar-refractivity contribution is 7.80. The van der Waals surface area contributed by atoms with Crippen molar-refractivity contribution in [2.75, 3.05) is 22.9 Å². The maximum absolute atomic E-state index is 11.8. The van der Waals surface area contributed by atoms with Gasteiger partial charge in [0.05, 0.1) is 15.7 Å². The normalized spacial score (nSPS) is 20.1. The predicted molar refractivity (Wildman–Crippen MR) is 75.2 cm³/mol. The van der Waals surface area contributed by atoms with Gasteiger partial charge in [0.2, 0.25) is 5.91 Å². The first-order valence-electron chi connectivity index (χ1n) is 5.18. The maximum atomic E-state index is 11.8. The van der Waals surface area contributed by atoms with E-state index in [9.17, 15) is 4.79 Å². The molecule has 92 valence electrons. The van der Waals surface area contributed by atoms with E-state index in [-0.39, 0.29) is 11.8 Å². The van der Waals surface area contributed by atoms with Gasteiger partial charge in [-0.05, 0) is 23.8 Å². The highest BCUT2D eigenvalue weighted by Gasteiger charge is 2.30. The summed E-state index contributed by atoms with van der Waals surface area (Å²) in [5, 5.41) is 0.740. The number of thiol groups is 1. The number of nitrogens with two attached hydrogens (primary N) is 1. The van der Waals surface area contributed by atoms with Crippen LogP contribution in [0.1, 0.15) is 6.42 Å². The molecule has 0 bridgehead atoms. The summed E-state index contributed by atoms with van der Waals surface area (Å²) < 4.78 is 0. The fraction of sp³-hybridized carbons (Fsp3) is 0.364. The van der Waals surface area contributed by atoms with Gasteiger partial charge in [-0.3, -0.25) is 4.79 Å². The van der Waals surface area contributed by atoms with E-state index >= 15 is 0 Å². The lowest BCUT2D eigenvalue weighted by Crippen LogP contribution is -2.24. The smallest absolute Gasteiger partial charge is 0.227 e. The van der Waals surface area contributed by atoms with Gasteiger partial charge in [-0.1, -0.05) is 23.2 Å². The van der Waals surface area contributed by atoms with E-state index in [0.29, 0.717) is 40.1 Å². The number of benzene rings is 1. The number of carbonyl (C=O) groups is 1. The number of hydrogen-bond acceptors (Lipinski definition) is 3. The first-order valence-corrected chi connectivity index (χ1v) is 6.57. The summed E-state index contributed by atoms with van der Waals surface area (Å²) in [6.07, 6.45) is 0.517. The molecule has 0 spiro atoms. The van der Waals surface area contributed by atoms with Gasteiger partial charge in [-0.2, -0.15) is 12.6 Å². The van der Waals surface area contributed by atoms with Crippen LogP contribution in [0, 0.1) is 5.92 Å². The lowest BCUT2D eigenvalue weighted by molar-refractivity contribution is -0.117. The second-order valence-corrected chi connectivity index (χ2v) is 5.26. The van der Waals surface area contributed by atoms with Crippen LogP contribution in [-0.4, -0.2) is 18.2 Å². The van der Waals surface area contributed by atoms with Crippen molar-refractivity contribution in [3.05, 3.63) is 22.2 Å². The minimum atomic E-state index is 0.0703. The zero-order valence-electron chi connectivity index (χ0n) is 8.99. The van der Waals surface area contributed by atoms with E-state index in [1.54, 1.807) is 17.0 Å². The molecular formula is C11H12Cl2N2OS. The van der Waals surface area contributed by atoms with Gasteiger partial charge in [-0.15, -0.1) is 0 Å².